The number of hydrogen-bond donors (Lipinski definition) is 1. The number of carbonyl (C=O) groups excluding carboxylic acids is 1. The lowest BCUT2D eigenvalue weighted by atomic mass is 10.2. The van der Waals surface area contributed by atoms with Crippen LogP contribution < -0.4 is 5.32 Å². The topological polar surface area (TPSA) is 64.7 Å². The molecule has 0 radical (unpaired) electrons. The van der Waals surface area contributed by atoms with E-state index < -0.39 is 0 Å². The molecule has 0 fully saturated rings. The molecule has 0 aliphatic rings. The van der Waals surface area contributed by atoms with Gasteiger partial charge in [-0.15, -0.1) is 16.4 Å². The van der Waals surface area contributed by atoms with Crippen LogP contribution in [0.15, 0.2) is 72.5 Å². The second-order valence-corrected chi connectivity index (χ2v) is 6.35. The Morgan fingerprint density at radius 1 is 1.08 bits per heavy atom. The molecule has 1 amide bonds. The van der Waals surface area contributed by atoms with Gasteiger partial charge in [0.25, 0.3) is 5.91 Å². The number of hydrogen-bond acceptors (Lipinski definition) is 4. The minimum atomic E-state index is -0.135. The summed E-state index contributed by atoms with van der Waals surface area (Å²) in [5.74, 6) is -0.135. The molecule has 3 aromatic heterocycles. The summed E-state index contributed by atoms with van der Waals surface area (Å²) in [4.78, 5) is 12.3. The van der Waals surface area contributed by atoms with Crippen molar-refractivity contribution in [1.82, 2.24) is 24.9 Å². The zero-order chi connectivity index (χ0) is 17.1. The third-order valence-electron chi connectivity index (χ3n) is 3.73. The molecule has 0 atom stereocenters. The molecule has 1 aromatic carbocycles. The van der Waals surface area contributed by atoms with Crippen LogP contribution in [0, 0.1) is 0 Å². The van der Waals surface area contributed by atoms with Crippen LogP contribution in [0.4, 0.5) is 0 Å². The van der Waals surface area contributed by atoms with E-state index in [1.807, 2.05) is 77.1 Å². The maximum absolute atomic E-state index is 12.3. The highest BCUT2D eigenvalue weighted by atomic mass is 32.1. The molecule has 0 aliphatic carbocycles. The molecule has 124 valence electrons. The summed E-state index contributed by atoms with van der Waals surface area (Å²) in [7, 11) is 0. The molecular weight excluding hydrogens is 334 g/mol. The Morgan fingerprint density at radius 3 is 2.60 bits per heavy atom. The van der Waals surface area contributed by atoms with Crippen molar-refractivity contribution in [3.05, 3.63) is 83.8 Å². The van der Waals surface area contributed by atoms with E-state index in [0.29, 0.717) is 17.8 Å². The maximum Gasteiger partial charge on any atom is 0.251 e. The molecule has 7 heteroatoms. The second kappa shape index (κ2) is 6.74. The highest BCUT2D eigenvalue weighted by Gasteiger charge is 2.08. The molecule has 0 saturated carbocycles. The largest absolute Gasteiger partial charge is 0.346 e. The summed E-state index contributed by atoms with van der Waals surface area (Å²) >= 11 is 1.58. The lowest BCUT2D eigenvalue weighted by molar-refractivity contribution is 0.0950. The lowest BCUT2D eigenvalue weighted by Crippen LogP contribution is -2.22. The normalized spacial score (nSPS) is 10.7. The number of amides is 1. The van der Waals surface area contributed by atoms with Crippen molar-refractivity contribution in [1.29, 1.82) is 0 Å². The third kappa shape index (κ3) is 3.36. The van der Waals surface area contributed by atoms with Gasteiger partial charge in [0.05, 0.1) is 12.7 Å². The molecule has 1 N–H and O–H groups in total. The minimum Gasteiger partial charge on any atom is -0.346 e. The highest BCUT2D eigenvalue weighted by Crippen LogP contribution is 2.14. The average molecular weight is 349 g/mol. The molecule has 6 nitrogen and oxygen atoms in total. The maximum atomic E-state index is 12.3. The molecule has 25 heavy (non-hydrogen) atoms. The molecular formula is C18H15N5OS. The van der Waals surface area contributed by atoms with Crippen molar-refractivity contribution < 1.29 is 4.79 Å². The Balaban J connectivity index is 1.39. The zero-order valence-corrected chi connectivity index (χ0v) is 14.1. The summed E-state index contributed by atoms with van der Waals surface area (Å²) in [5, 5.41) is 14.0. The van der Waals surface area contributed by atoms with Crippen LogP contribution in [-0.4, -0.2) is 25.5 Å². The van der Waals surface area contributed by atoms with E-state index in [1.54, 1.807) is 16.0 Å². The van der Waals surface area contributed by atoms with Crippen LogP contribution in [0.3, 0.4) is 0 Å². The molecule has 0 saturated heterocycles. The van der Waals surface area contributed by atoms with E-state index in [4.69, 9.17) is 0 Å². The first-order valence-corrected chi connectivity index (χ1v) is 8.64. The van der Waals surface area contributed by atoms with Crippen molar-refractivity contribution in [2.45, 2.75) is 6.54 Å². The van der Waals surface area contributed by atoms with Crippen molar-refractivity contribution in [2.24, 2.45) is 0 Å². The van der Waals surface area contributed by atoms with E-state index in [1.165, 1.54) is 0 Å². The number of carbonyl (C=O) groups is 1. The van der Waals surface area contributed by atoms with Crippen molar-refractivity contribution in [3.8, 4) is 10.7 Å². The van der Waals surface area contributed by atoms with Gasteiger partial charge >= 0.3 is 0 Å². The van der Waals surface area contributed by atoms with Gasteiger partial charge in [-0.1, -0.05) is 5.21 Å². The first-order chi connectivity index (χ1) is 12.3. The van der Waals surface area contributed by atoms with Gasteiger partial charge in [0, 0.05) is 23.6 Å². The van der Waals surface area contributed by atoms with Gasteiger partial charge in [-0.2, -0.15) is 0 Å². The van der Waals surface area contributed by atoms with E-state index in [0.717, 1.165) is 10.7 Å². The number of benzene rings is 1. The van der Waals surface area contributed by atoms with Gasteiger partial charge in [-0.3, -0.25) is 4.79 Å². The third-order valence-corrected chi connectivity index (χ3v) is 4.59. The second-order valence-electron chi connectivity index (χ2n) is 5.43. The number of nitrogens with zero attached hydrogens (tertiary/aromatic N) is 4. The molecule has 0 spiro atoms. The van der Waals surface area contributed by atoms with E-state index >= 15 is 0 Å². The molecule has 4 aromatic rings. The van der Waals surface area contributed by atoms with E-state index in [9.17, 15) is 4.79 Å². The van der Waals surface area contributed by atoms with Gasteiger partial charge in [0.1, 0.15) is 10.7 Å². The molecule has 0 bridgehead atoms. The summed E-state index contributed by atoms with van der Waals surface area (Å²) in [6.45, 7) is 0.337. The Labute approximate surface area is 148 Å². The Kier molecular flexibility index (Phi) is 4.14. The van der Waals surface area contributed by atoms with Crippen LogP contribution >= 0.6 is 11.3 Å². The molecule has 0 aliphatic heterocycles. The Hall–Kier alpha value is -3.19. The van der Waals surface area contributed by atoms with Crippen LogP contribution in [0.1, 0.15) is 16.1 Å². The van der Waals surface area contributed by atoms with Crippen molar-refractivity contribution in [2.75, 3.05) is 0 Å². The van der Waals surface area contributed by atoms with Crippen molar-refractivity contribution >= 4 is 17.2 Å². The summed E-state index contributed by atoms with van der Waals surface area (Å²) in [6, 6.07) is 15.3. The molecule has 3 heterocycles. The number of thiophene rings is 1. The lowest BCUT2D eigenvalue weighted by Gasteiger charge is -2.06. The standard InChI is InChI=1S/C18H15N5OS/c24-18(14-5-7-16(8-6-14)22-9-1-2-10-22)19-12-15-13-23(21-20-15)17-4-3-11-25-17/h1-11,13H,12H2,(H,19,24). The fourth-order valence-corrected chi connectivity index (χ4v) is 3.10. The van der Waals surface area contributed by atoms with Gasteiger partial charge in [0.2, 0.25) is 0 Å². The van der Waals surface area contributed by atoms with Crippen molar-refractivity contribution in [3.63, 3.8) is 0 Å². The van der Waals surface area contributed by atoms with Crippen LogP contribution in [0.25, 0.3) is 10.7 Å². The quantitative estimate of drug-likeness (QED) is 0.602. The Bertz CT molecular complexity index is 956. The SMILES string of the molecule is O=C(NCc1cn(-c2cccs2)nn1)c1ccc(-n2cccc2)cc1. The smallest absolute Gasteiger partial charge is 0.251 e. The summed E-state index contributed by atoms with van der Waals surface area (Å²) in [6.07, 6.45) is 5.75. The minimum absolute atomic E-state index is 0.135. The zero-order valence-electron chi connectivity index (χ0n) is 13.2. The van der Waals surface area contributed by atoms with Crippen LogP contribution in [-0.2, 0) is 6.54 Å². The summed E-state index contributed by atoms with van der Waals surface area (Å²) < 4.78 is 3.70. The fraction of sp³-hybridized carbons (Fsp3) is 0.0556. The number of aromatic nitrogens is 4. The average Bonchev–Trinajstić information content (AvgIpc) is 3.42. The Morgan fingerprint density at radius 2 is 1.88 bits per heavy atom. The van der Waals surface area contributed by atoms with Gasteiger partial charge in [0.15, 0.2) is 0 Å². The number of nitrogens with one attached hydrogen (secondary N) is 1. The van der Waals surface area contributed by atoms with Crippen LogP contribution in [0.2, 0.25) is 0 Å². The predicted molar refractivity (Wildman–Crippen MR) is 96.2 cm³/mol. The first-order valence-electron chi connectivity index (χ1n) is 7.76. The van der Waals surface area contributed by atoms with Crippen LogP contribution in [0.5, 0.6) is 0 Å². The predicted octanol–water partition coefficient (Wildman–Crippen LogP) is 3.05. The van der Waals surface area contributed by atoms with Gasteiger partial charge < -0.3 is 9.88 Å². The summed E-state index contributed by atoms with van der Waals surface area (Å²) in [5.41, 5.74) is 2.34. The highest BCUT2D eigenvalue weighted by molar-refractivity contribution is 7.12. The molecule has 0 unspecified atom stereocenters. The van der Waals surface area contributed by atoms with E-state index in [-0.39, 0.29) is 5.91 Å². The monoisotopic (exact) mass is 349 g/mol. The molecule has 4 rings (SSSR count). The van der Waals surface area contributed by atoms with Gasteiger partial charge in [-0.25, -0.2) is 4.68 Å². The van der Waals surface area contributed by atoms with E-state index in [2.05, 4.69) is 15.6 Å². The van der Waals surface area contributed by atoms with Gasteiger partial charge in [-0.05, 0) is 53.9 Å². The fourth-order valence-electron chi connectivity index (χ4n) is 2.45. The number of rotatable bonds is 5. The first kappa shape index (κ1) is 15.3.